The Morgan fingerprint density at radius 3 is 2.62 bits per heavy atom. The van der Waals surface area contributed by atoms with E-state index in [1.54, 1.807) is 30.7 Å². The number of primary amides is 1. The van der Waals surface area contributed by atoms with Crippen LogP contribution in [0.15, 0.2) is 61.1 Å². The van der Waals surface area contributed by atoms with E-state index in [0.29, 0.717) is 12.2 Å². The van der Waals surface area contributed by atoms with Gasteiger partial charge in [-0.25, -0.2) is 14.2 Å². The van der Waals surface area contributed by atoms with E-state index in [9.17, 15) is 19.1 Å². The number of aryl methyl sites for hydroxylation is 1. The minimum absolute atomic E-state index is 0.0253. The van der Waals surface area contributed by atoms with E-state index in [2.05, 4.69) is 10.3 Å². The van der Waals surface area contributed by atoms with Crippen molar-refractivity contribution in [1.29, 1.82) is 0 Å². The molecule has 8 heteroatoms. The number of amides is 1. The van der Waals surface area contributed by atoms with Gasteiger partial charge in [-0.3, -0.25) is 4.79 Å². The molecule has 0 radical (unpaired) electrons. The van der Waals surface area contributed by atoms with Crippen molar-refractivity contribution in [3.63, 3.8) is 0 Å². The van der Waals surface area contributed by atoms with Crippen LogP contribution in [0.25, 0.3) is 11.6 Å². The van der Waals surface area contributed by atoms with Gasteiger partial charge in [-0.05, 0) is 60.4 Å². The first-order chi connectivity index (χ1) is 15.3. The van der Waals surface area contributed by atoms with Crippen LogP contribution in [-0.4, -0.2) is 32.6 Å². The molecule has 32 heavy (non-hydrogen) atoms. The number of aliphatic carboxylic acids is 1. The summed E-state index contributed by atoms with van der Waals surface area (Å²) < 4.78 is 15.4. The number of hydrogen-bond acceptors (Lipinski definition) is 4. The number of benzene rings is 2. The van der Waals surface area contributed by atoms with Crippen LogP contribution in [0, 0.1) is 12.7 Å². The summed E-state index contributed by atoms with van der Waals surface area (Å²) in [4.78, 5) is 26.7. The Bertz CT molecular complexity index is 1120. The lowest BCUT2D eigenvalue weighted by molar-refractivity contribution is -0.138. The summed E-state index contributed by atoms with van der Waals surface area (Å²) in [6.45, 7) is 2.49. The van der Waals surface area contributed by atoms with Gasteiger partial charge in [-0.1, -0.05) is 24.3 Å². The molecule has 166 valence electrons. The fraction of sp³-hybridized carbons (Fsp3) is 0.208. The lowest BCUT2D eigenvalue weighted by atomic mass is 10.0. The Morgan fingerprint density at radius 1 is 1.25 bits per heavy atom. The summed E-state index contributed by atoms with van der Waals surface area (Å²) >= 11 is 0. The van der Waals surface area contributed by atoms with Gasteiger partial charge in [0.1, 0.15) is 11.9 Å². The lowest BCUT2D eigenvalue weighted by Gasteiger charge is -2.16. The van der Waals surface area contributed by atoms with Crippen LogP contribution in [0.3, 0.4) is 0 Å². The van der Waals surface area contributed by atoms with Crippen molar-refractivity contribution in [3.05, 3.63) is 83.7 Å². The summed E-state index contributed by atoms with van der Waals surface area (Å²) in [6.07, 6.45) is 5.54. The fourth-order valence-corrected chi connectivity index (χ4v) is 3.28. The van der Waals surface area contributed by atoms with Crippen molar-refractivity contribution in [2.45, 2.75) is 32.4 Å². The maximum Gasteiger partial charge on any atom is 0.326 e. The molecule has 1 heterocycles. The number of halogens is 1. The highest BCUT2D eigenvalue weighted by atomic mass is 19.1. The Kier molecular flexibility index (Phi) is 7.38. The molecule has 1 amide bonds. The van der Waals surface area contributed by atoms with E-state index in [-0.39, 0.29) is 18.7 Å². The standard InChI is InChI=1S/C24H25FN4O3/c1-16-13-27-15-29(16)14-19(18-5-7-20(25)8-6-18)11-17-3-2-4-21(12-17)28-22(24(31)32)9-10-23(26)30/h2-8,11-13,15,22,28H,9-10,14H2,1H3,(H2,26,30)(H,31,32)/t22-/m0/s1. The average molecular weight is 436 g/mol. The molecule has 0 fully saturated rings. The van der Waals surface area contributed by atoms with Crippen LogP contribution in [0.4, 0.5) is 10.1 Å². The van der Waals surface area contributed by atoms with E-state index in [1.807, 2.05) is 35.8 Å². The number of nitrogens with two attached hydrogens (primary N) is 1. The van der Waals surface area contributed by atoms with Gasteiger partial charge in [0.15, 0.2) is 0 Å². The van der Waals surface area contributed by atoms with Crippen molar-refractivity contribution in [3.8, 4) is 0 Å². The highest BCUT2D eigenvalue weighted by Gasteiger charge is 2.18. The normalized spacial score (nSPS) is 12.4. The molecule has 0 spiro atoms. The summed E-state index contributed by atoms with van der Waals surface area (Å²) in [5, 5.41) is 12.4. The van der Waals surface area contributed by atoms with Gasteiger partial charge < -0.3 is 20.7 Å². The molecule has 1 atom stereocenters. The van der Waals surface area contributed by atoms with Crippen LogP contribution >= 0.6 is 0 Å². The third kappa shape index (κ3) is 6.28. The second-order valence-corrected chi connectivity index (χ2v) is 7.51. The van der Waals surface area contributed by atoms with Crippen molar-refractivity contribution in [2.75, 3.05) is 5.32 Å². The van der Waals surface area contributed by atoms with Gasteiger partial charge in [0.05, 0.1) is 6.33 Å². The molecule has 0 saturated heterocycles. The predicted molar refractivity (Wildman–Crippen MR) is 121 cm³/mol. The Hall–Kier alpha value is -3.94. The molecular formula is C24H25FN4O3. The number of anilines is 1. The van der Waals surface area contributed by atoms with Gasteiger partial charge in [0.25, 0.3) is 0 Å². The second-order valence-electron chi connectivity index (χ2n) is 7.51. The van der Waals surface area contributed by atoms with Gasteiger partial charge in [0.2, 0.25) is 5.91 Å². The van der Waals surface area contributed by atoms with E-state index >= 15 is 0 Å². The third-order valence-corrected chi connectivity index (χ3v) is 5.02. The van der Waals surface area contributed by atoms with Crippen molar-refractivity contribution in [1.82, 2.24) is 9.55 Å². The highest BCUT2D eigenvalue weighted by Crippen LogP contribution is 2.23. The molecule has 0 aliphatic carbocycles. The number of rotatable bonds is 10. The largest absolute Gasteiger partial charge is 0.480 e. The third-order valence-electron chi connectivity index (χ3n) is 5.02. The molecule has 2 aromatic carbocycles. The van der Waals surface area contributed by atoms with E-state index in [0.717, 1.165) is 22.4 Å². The van der Waals surface area contributed by atoms with Crippen LogP contribution in [0.5, 0.6) is 0 Å². The number of nitrogens with zero attached hydrogens (tertiary/aromatic N) is 2. The van der Waals surface area contributed by atoms with Gasteiger partial charge in [0, 0.05) is 30.5 Å². The number of aromatic nitrogens is 2. The Morgan fingerprint density at radius 2 is 2.00 bits per heavy atom. The number of nitrogens with one attached hydrogen (secondary N) is 1. The maximum atomic E-state index is 13.5. The Labute approximate surface area is 185 Å². The summed E-state index contributed by atoms with van der Waals surface area (Å²) in [5.74, 6) is -1.92. The molecule has 0 saturated carbocycles. The van der Waals surface area contributed by atoms with E-state index < -0.39 is 17.9 Å². The zero-order valence-corrected chi connectivity index (χ0v) is 17.7. The number of carboxylic acids is 1. The molecule has 3 rings (SSSR count). The molecule has 0 aliphatic rings. The molecule has 3 aromatic rings. The number of hydrogen-bond donors (Lipinski definition) is 3. The average Bonchev–Trinajstić information content (AvgIpc) is 3.15. The van der Waals surface area contributed by atoms with Crippen molar-refractivity contribution < 1.29 is 19.1 Å². The molecule has 7 nitrogen and oxygen atoms in total. The van der Waals surface area contributed by atoms with Crippen LogP contribution in [0.1, 0.15) is 29.7 Å². The lowest BCUT2D eigenvalue weighted by Crippen LogP contribution is -2.30. The predicted octanol–water partition coefficient (Wildman–Crippen LogP) is 3.70. The fourth-order valence-electron chi connectivity index (χ4n) is 3.28. The minimum Gasteiger partial charge on any atom is -0.480 e. The van der Waals surface area contributed by atoms with Crippen LogP contribution < -0.4 is 11.1 Å². The molecule has 1 aromatic heterocycles. The van der Waals surface area contributed by atoms with Crippen molar-refractivity contribution >= 4 is 29.2 Å². The number of allylic oxidation sites excluding steroid dienone is 1. The monoisotopic (exact) mass is 436 g/mol. The van der Waals surface area contributed by atoms with E-state index in [1.165, 1.54) is 12.1 Å². The maximum absolute atomic E-state index is 13.5. The zero-order chi connectivity index (χ0) is 23.1. The highest BCUT2D eigenvalue weighted by molar-refractivity contribution is 5.83. The summed E-state index contributed by atoms with van der Waals surface area (Å²) in [5.41, 5.74) is 9.38. The second kappa shape index (κ2) is 10.4. The first-order valence-electron chi connectivity index (χ1n) is 10.1. The van der Waals surface area contributed by atoms with Gasteiger partial charge in [-0.2, -0.15) is 0 Å². The molecule has 0 aliphatic heterocycles. The number of carbonyl (C=O) groups excluding carboxylic acids is 1. The smallest absolute Gasteiger partial charge is 0.326 e. The van der Waals surface area contributed by atoms with Crippen molar-refractivity contribution in [2.24, 2.45) is 5.73 Å². The zero-order valence-electron chi connectivity index (χ0n) is 17.7. The number of imidazole rings is 1. The molecule has 0 bridgehead atoms. The van der Waals surface area contributed by atoms with Crippen LogP contribution in [0.2, 0.25) is 0 Å². The van der Waals surface area contributed by atoms with Gasteiger partial charge >= 0.3 is 5.97 Å². The summed E-state index contributed by atoms with van der Waals surface area (Å²) in [6, 6.07) is 12.6. The first-order valence-corrected chi connectivity index (χ1v) is 10.1. The summed E-state index contributed by atoms with van der Waals surface area (Å²) in [7, 11) is 0. The van der Waals surface area contributed by atoms with Gasteiger partial charge in [-0.15, -0.1) is 0 Å². The first kappa shape index (κ1) is 22.7. The molecular weight excluding hydrogens is 411 g/mol. The molecule has 0 unspecified atom stereocenters. The SMILES string of the molecule is Cc1cncn1CC(=Cc1cccc(N[C@@H](CCC(N)=O)C(=O)O)c1)c1ccc(F)cc1. The quantitative estimate of drug-likeness (QED) is 0.420. The Balaban J connectivity index is 1.89. The van der Waals surface area contributed by atoms with E-state index in [4.69, 9.17) is 5.73 Å². The topological polar surface area (TPSA) is 110 Å². The minimum atomic E-state index is -1.06. The number of carboxylic acid groups (broad SMARTS) is 1. The van der Waals surface area contributed by atoms with Crippen LogP contribution in [-0.2, 0) is 16.1 Å². The molecule has 4 N–H and O–H groups in total. The number of carbonyl (C=O) groups is 2.